The number of hydrogen-bond donors (Lipinski definition) is 2. The summed E-state index contributed by atoms with van der Waals surface area (Å²) in [5.41, 5.74) is 0.781. The van der Waals surface area contributed by atoms with Gasteiger partial charge in [-0.25, -0.2) is 9.48 Å². The summed E-state index contributed by atoms with van der Waals surface area (Å²) < 4.78 is 1.39. The molecule has 0 aliphatic carbocycles. The van der Waals surface area contributed by atoms with Gasteiger partial charge in [0, 0.05) is 0 Å². The molecule has 2 N–H and O–H groups in total. The molecule has 0 spiro atoms. The van der Waals surface area contributed by atoms with Gasteiger partial charge in [0.25, 0.3) is 0 Å². The zero-order valence-electron chi connectivity index (χ0n) is 11.0. The van der Waals surface area contributed by atoms with E-state index in [0.29, 0.717) is 11.4 Å². The Morgan fingerprint density at radius 2 is 2.18 bits per heavy atom. The number of aromatic nitrogens is 3. The molecule has 0 aliphatic rings. The van der Waals surface area contributed by atoms with Crippen LogP contribution in [0.4, 0.5) is 0 Å². The number of aromatic carboxylic acids is 1. The zero-order chi connectivity index (χ0) is 15.7. The van der Waals surface area contributed by atoms with Crippen molar-refractivity contribution in [3.8, 4) is 28.1 Å². The Kier molecular flexibility index (Phi) is 3.33. The predicted octanol–water partition coefficient (Wildman–Crippen LogP) is 2.27. The smallest absolute Gasteiger partial charge is 0.339 e. The largest absolute Gasteiger partial charge is 0.507 e. The Balaban J connectivity index is 2.22. The lowest BCUT2D eigenvalue weighted by Crippen LogP contribution is -2.03. The third-order valence-corrected chi connectivity index (χ3v) is 3.86. The van der Waals surface area contributed by atoms with E-state index in [-0.39, 0.29) is 17.0 Å². The van der Waals surface area contributed by atoms with Gasteiger partial charge >= 0.3 is 5.97 Å². The van der Waals surface area contributed by atoms with Crippen LogP contribution in [0.3, 0.4) is 0 Å². The Morgan fingerprint density at radius 3 is 2.82 bits per heavy atom. The van der Waals surface area contributed by atoms with Gasteiger partial charge in [0.1, 0.15) is 23.1 Å². The van der Waals surface area contributed by atoms with Gasteiger partial charge in [-0.15, -0.1) is 16.4 Å². The van der Waals surface area contributed by atoms with Gasteiger partial charge in [-0.1, -0.05) is 11.3 Å². The van der Waals surface area contributed by atoms with Crippen LogP contribution in [0.2, 0.25) is 0 Å². The number of benzene rings is 1. The van der Waals surface area contributed by atoms with Gasteiger partial charge in [-0.3, -0.25) is 0 Å². The van der Waals surface area contributed by atoms with Crippen molar-refractivity contribution < 1.29 is 15.0 Å². The molecular formula is C14H8N4O3S. The number of rotatable bonds is 3. The monoisotopic (exact) mass is 312 g/mol. The maximum Gasteiger partial charge on any atom is 0.339 e. The lowest BCUT2D eigenvalue weighted by atomic mass is 10.1. The molecule has 1 aromatic carbocycles. The highest BCUT2D eigenvalue weighted by Crippen LogP contribution is 2.30. The highest BCUT2D eigenvalue weighted by molar-refractivity contribution is 7.13. The van der Waals surface area contributed by atoms with Crippen molar-refractivity contribution in [1.82, 2.24) is 15.0 Å². The first-order chi connectivity index (χ1) is 10.6. The summed E-state index contributed by atoms with van der Waals surface area (Å²) in [6.45, 7) is 0. The lowest BCUT2D eigenvalue weighted by molar-refractivity contribution is 0.0693. The number of carboxylic acid groups (broad SMARTS) is 1. The van der Waals surface area contributed by atoms with E-state index in [1.54, 1.807) is 0 Å². The Hall–Kier alpha value is -3.18. The average Bonchev–Trinajstić information content (AvgIpc) is 3.15. The highest BCUT2D eigenvalue weighted by Gasteiger charge is 2.19. The third kappa shape index (κ3) is 2.19. The summed E-state index contributed by atoms with van der Waals surface area (Å²) in [4.78, 5) is 11.9. The number of phenols is 1. The molecule has 0 amide bonds. The Bertz CT molecular complexity index is 893. The van der Waals surface area contributed by atoms with Crippen LogP contribution in [0, 0.1) is 11.3 Å². The Labute approximate surface area is 128 Å². The second-order valence-corrected chi connectivity index (χ2v) is 5.24. The fraction of sp³-hybridized carbons (Fsp3) is 0. The van der Waals surface area contributed by atoms with Crippen molar-refractivity contribution in [1.29, 1.82) is 5.26 Å². The first-order valence-corrected chi connectivity index (χ1v) is 6.96. The second-order valence-electron chi connectivity index (χ2n) is 4.29. The van der Waals surface area contributed by atoms with Gasteiger partial charge in [-0.2, -0.15) is 5.26 Å². The SMILES string of the molecule is N#Cc1nnn(-c2ccc(O)c(C(=O)O)c2)c1-c1cccs1. The zero-order valence-corrected chi connectivity index (χ0v) is 11.8. The molecule has 2 heterocycles. The molecule has 22 heavy (non-hydrogen) atoms. The van der Waals surface area contributed by atoms with E-state index in [1.165, 1.54) is 34.2 Å². The second kappa shape index (κ2) is 5.31. The van der Waals surface area contributed by atoms with Crippen molar-refractivity contribution in [2.24, 2.45) is 0 Å². The third-order valence-electron chi connectivity index (χ3n) is 2.99. The topological polar surface area (TPSA) is 112 Å². The quantitative estimate of drug-likeness (QED) is 0.767. The van der Waals surface area contributed by atoms with Crippen LogP contribution in [-0.2, 0) is 0 Å². The van der Waals surface area contributed by atoms with Gasteiger partial charge in [0.05, 0.1) is 10.6 Å². The van der Waals surface area contributed by atoms with E-state index in [9.17, 15) is 9.90 Å². The van der Waals surface area contributed by atoms with E-state index < -0.39 is 5.97 Å². The van der Waals surface area contributed by atoms with Crippen LogP contribution in [0.25, 0.3) is 16.3 Å². The minimum absolute atomic E-state index is 0.146. The highest BCUT2D eigenvalue weighted by atomic mass is 32.1. The lowest BCUT2D eigenvalue weighted by Gasteiger charge is -2.07. The molecule has 0 atom stereocenters. The van der Waals surface area contributed by atoms with Crippen LogP contribution < -0.4 is 0 Å². The first-order valence-electron chi connectivity index (χ1n) is 6.08. The van der Waals surface area contributed by atoms with Crippen LogP contribution in [0.1, 0.15) is 16.1 Å². The predicted molar refractivity (Wildman–Crippen MR) is 78.0 cm³/mol. The number of nitriles is 1. The molecule has 0 radical (unpaired) electrons. The summed E-state index contributed by atoms with van der Waals surface area (Å²) in [5.74, 6) is -1.59. The maximum atomic E-state index is 11.1. The molecule has 0 bridgehead atoms. The van der Waals surface area contributed by atoms with Crippen LogP contribution >= 0.6 is 11.3 Å². The molecule has 0 fully saturated rings. The van der Waals surface area contributed by atoms with E-state index in [4.69, 9.17) is 10.4 Å². The molecule has 0 unspecified atom stereocenters. The van der Waals surface area contributed by atoms with Gasteiger partial charge < -0.3 is 10.2 Å². The van der Waals surface area contributed by atoms with E-state index in [0.717, 1.165) is 4.88 Å². The number of carbonyl (C=O) groups is 1. The van der Waals surface area contributed by atoms with Crippen LogP contribution in [-0.4, -0.2) is 31.2 Å². The minimum atomic E-state index is -1.25. The number of carboxylic acids is 1. The molecular weight excluding hydrogens is 304 g/mol. The van der Waals surface area contributed by atoms with Crippen molar-refractivity contribution >= 4 is 17.3 Å². The first kappa shape index (κ1) is 13.8. The van der Waals surface area contributed by atoms with E-state index in [1.807, 2.05) is 23.6 Å². The molecule has 2 aromatic heterocycles. The molecule has 3 rings (SSSR count). The fourth-order valence-corrected chi connectivity index (χ4v) is 2.75. The van der Waals surface area contributed by atoms with E-state index >= 15 is 0 Å². The number of hydrogen-bond acceptors (Lipinski definition) is 6. The maximum absolute atomic E-state index is 11.1. The average molecular weight is 312 g/mol. The molecule has 7 nitrogen and oxygen atoms in total. The molecule has 3 aromatic rings. The number of aromatic hydroxyl groups is 1. The van der Waals surface area contributed by atoms with Crippen molar-refractivity contribution in [2.45, 2.75) is 0 Å². The van der Waals surface area contributed by atoms with Gasteiger partial charge in [-0.05, 0) is 29.6 Å². The summed E-state index contributed by atoms with van der Waals surface area (Å²) in [6, 6.07) is 9.68. The molecule has 0 saturated heterocycles. The number of thiophene rings is 1. The van der Waals surface area contributed by atoms with Gasteiger partial charge in [0.15, 0.2) is 5.69 Å². The summed E-state index contributed by atoms with van der Waals surface area (Å²) in [7, 11) is 0. The summed E-state index contributed by atoms with van der Waals surface area (Å²) in [6.07, 6.45) is 0. The minimum Gasteiger partial charge on any atom is -0.507 e. The van der Waals surface area contributed by atoms with Crippen molar-refractivity contribution in [3.05, 3.63) is 47.0 Å². The van der Waals surface area contributed by atoms with Crippen LogP contribution in [0.15, 0.2) is 35.7 Å². The van der Waals surface area contributed by atoms with Crippen molar-refractivity contribution in [2.75, 3.05) is 0 Å². The standard InChI is InChI=1S/C14H8N4O3S/c15-7-10-13(12-2-1-5-22-12)18(17-16-10)8-3-4-11(19)9(6-8)14(20)21/h1-6,19H,(H,20,21). The summed E-state index contributed by atoms with van der Waals surface area (Å²) in [5, 5.41) is 37.4. The number of nitrogens with zero attached hydrogens (tertiary/aromatic N) is 4. The molecule has 0 saturated carbocycles. The molecule has 108 valence electrons. The fourth-order valence-electron chi connectivity index (χ4n) is 2.00. The van der Waals surface area contributed by atoms with E-state index in [2.05, 4.69) is 10.3 Å². The van der Waals surface area contributed by atoms with Crippen LogP contribution in [0.5, 0.6) is 5.75 Å². The normalized spacial score (nSPS) is 10.3. The van der Waals surface area contributed by atoms with Crippen molar-refractivity contribution in [3.63, 3.8) is 0 Å². The molecule has 0 aliphatic heterocycles. The van der Waals surface area contributed by atoms with Gasteiger partial charge in [0.2, 0.25) is 0 Å². The molecule has 8 heteroatoms. The Morgan fingerprint density at radius 1 is 1.36 bits per heavy atom. The summed E-state index contributed by atoms with van der Waals surface area (Å²) >= 11 is 1.42.